The van der Waals surface area contributed by atoms with Gasteiger partial charge in [0.2, 0.25) is 5.91 Å². The van der Waals surface area contributed by atoms with Crippen LogP contribution in [0, 0.1) is 6.92 Å². The van der Waals surface area contributed by atoms with E-state index in [4.69, 9.17) is 0 Å². The van der Waals surface area contributed by atoms with Crippen molar-refractivity contribution < 1.29 is 4.79 Å². The van der Waals surface area contributed by atoms with Crippen molar-refractivity contribution in [2.75, 3.05) is 16.4 Å². The number of carbonyl (C=O) groups is 1. The number of nitrogens with zero attached hydrogens (tertiary/aromatic N) is 1. The summed E-state index contributed by atoms with van der Waals surface area (Å²) in [6.45, 7) is 2.00. The Morgan fingerprint density at radius 2 is 1.92 bits per heavy atom. The lowest BCUT2D eigenvalue weighted by molar-refractivity contribution is -0.113. The summed E-state index contributed by atoms with van der Waals surface area (Å²) in [6, 6.07) is 20.0. The van der Waals surface area contributed by atoms with Gasteiger partial charge in [0.1, 0.15) is 0 Å². The van der Waals surface area contributed by atoms with E-state index in [0.717, 1.165) is 38.6 Å². The zero-order valence-corrected chi connectivity index (χ0v) is 14.6. The van der Waals surface area contributed by atoms with Crippen LogP contribution in [0.15, 0.2) is 65.7 Å². The Bertz CT molecular complexity index is 992. The summed E-state index contributed by atoms with van der Waals surface area (Å²) < 4.78 is 0. The van der Waals surface area contributed by atoms with Crippen LogP contribution in [0.1, 0.15) is 5.56 Å². The molecular weight excluding hydrogens is 330 g/mol. The van der Waals surface area contributed by atoms with Gasteiger partial charge in [-0.1, -0.05) is 48.2 Å². The fourth-order valence-electron chi connectivity index (χ4n) is 2.89. The van der Waals surface area contributed by atoms with Crippen molar-refractivity contribution in [2.24, 2.45) is 4.99 Å². The third-order valence-corrected chi connectivity index (χ3v) is 4.86. The number of hydrogen-bond acceptors (Lipinski definition) is 4. The molecular formula is C20H17N3OS. The Morgan fingerprint density at radius 3 is 2.76 bits per heavy atom. The van der Waals surface area contributed by atoms with Crippen LogP contribution < -0.4 is 10.6 Å². The molecule has 0 aliphatic carbocycles. The van der Waals surface area contributed by atoms with Gasteiger partial charge in [-0.2, -0.15) is 0 Å². The highest BCUT2D eigenvalue weighted by Crippen LogP contribution is 2.36. The molecule has 0 atom stereocenters. The van der Waals surface area contributed by atoms with Crippen LogP contribution in [-0.2, 0) is 4.79 Å². The monoisotopic (exact) mass is 347 g/mol. The zero-order chi connectivity index (χ0) is 17.2. The minimum atomic E-state index is -0.0443. The molecule has 0 unspecified atom stereocenters. The molecule has 1 aliphatic rings. The summed E-state index contributed by atoms with van der Waals surface area (Å²) in [5.41, 5.74) is 3.91. The summed E-state index contributed by atoms with van der Waals surface area (Å²) in [6.07, 6.45) is 0. The summed E-state index contributed by atoms with van der Waals surface area (Å²) in [5.74, 6) is 0.259. The number of amides is 1. The molecule has 1 aliphatic heterocycles. The van der Waals surface area contributed by atoms with Gasteiger partial charge in [-0.3, -0.25) is 4.79 Å². The van der Waals surface area contributed by atoms with E-state index in [0.29, 0.717) is 5.75 Å². The first-order valence-electron chi connectivity index (χ1n) is 8.06. The average molecular weight is 347 g/mol. The Labute approximate surface area is 150 Å². The molecule has 4 nitrogen and oxygen atoms in total. The minimum absolute atomic E-state index is 0.0443. The van der Waals surface area contributed by atoms with E-state index in [9.17, 15) is 4.79 Å². The molecule has 2 N–H and O–H groups in total. The lowest BCUT2D eigenvalue weighted by Crippen LogP contribution is -2.18. The number of thioether (sulfide) groups is 1. The van der Waals surface area contributed by atoms with Crippen molar-refractivity contribution in [2.45, 2.75) is 6.92 Å². The molecule has 3 aromatic rings. The van der Waals surface area contributed by atoms with Crippen molar-refractivity contribution in [3.05, 3.63) is 66.2 Å². The molecule has 0 radical (unpaired) electrons. The summed E-state index contributed by atoms with van der Waals surface area (Å²) in [4.78, 5) is 16.8. The summed E-state index contributed by atoms with van der Waals surface area (Å²) in [5, 5.41) is 9.27. The van der Waals surface area contributed by atoms with Crippen LogP contribution in [0.4, 0.5) is 17.1 Å². The van der Waals surface area contributed by atoms with Gasteiger partial charge in [0.25, 0.3) is 0 Å². The maximum atomic E-state index is 12.2. The first kappa shape index (κ1) is 15.7. The molecule has 0 aromatic heterocycles. The van der Waals surface area contributed by atoms with Gasteiger partial charge in [-0.15, -0.1) is 0 Å². The van der Waals surface area contributed by atoms with Crippen LogP contribution in [0.5, 0.6) is 0 Å². The normalized spacial score (nSPS) is 12.4. The van der Waals surface area contributed by atoms with Gasteiger partial charge >= 0.3 is 0 Å². The number of aliphatic imine (C=N–C) groups is 1. The predicted molar refractivity (Wildman–Crippen MR) is 107 cm³/mol. The molecule has 4 rings (SSSR count). The lowest BCUT2D eigenvalue weighted by Gasteiger charge is -2.18. The Hall–Kier alpha value is -2.79. The second kappa shape index (κ2) is 6.61. The summed E-state index contributed by atoms with van der Waals surface area (Å²) >= 11 is 1.40. The average Bonchev–Trinajstić information content (AvgIpc) is 2.60. The van der Waals surface area contributed by atoms with E-state index in [2.05, 4.69) is 27.8 Å². The number of amidine groups is 1. The zero-order valence-electron chi connectivity index (χ0n) is 13.7. The van der Waals surface area contributed by atoms with Crippen molar-refractivity contribution in [3.63, 3.8) is 0 Å². The third-order valence-electron chi connectivity index (χ3n) is 3.99. The van der Waals surface area contributed by atoms with Crippen molar-refractivity contribution in [1.29, 1.82) is 0 Å². The van der Waals surface area contributed by atoms with Crippen molar-refractivity contribution >= 4 is 50.7 Å². The number of nitrogens with one attached hydrogen (secondary N) is 2. The lowest BCUT2D eigenvalue weighted by atomic mass is 10.1. The third kappa shape index (κ3) is 3.37. The molecule has 0 spiro atoms. The number of carbonyl (C=O) groups excluding carboxylic acids is 1. The maximum absolute atomic E-state index is 12.2. The second-order valence-corrected chi connectivity index (χ2v) is 6.89. The van der Waals surface area contributed by atoms with Gasteiger partial charge in [-0.05, 0) is 42.1 Å². The Morgan fingerprint density at radius 1 is 1.12 bits per heavy atom. The minimum Gasteiger partial charge on any atom is -0.334 e. The van der Waals surface area contributed by atoms with Crippen molar-refractivity contribution in [3.8, 4) is 0 Å². The molecule has 5 heteroatoms. The molecule has 0 saturated heterocycles. The number of anilines is 2. The number of hydrogen-bond donors (Lipinski definition) is 2. The molecule has 0 saturated carbocycles. The van der Waals surface area contributed by atoms with Crippen LogP contribution in [-0.4, -0.2) is 16.8 Å². The smallest absolute Gasteiger partial charge is 0.234 e. The molecule has 25 heavy (non-hydrogen) atoms. The molecule has 0 bridgehead atoms. The molecule has 1 heterocycles. The van der Waals surface area contributed by atoms with E-state index in [1.165, 1.54) is 11.8 Å². The molecule has 1 amide bonds. The van der Waals surface area contributed by atoms with E-state index < -0.39 is 0 Å². The van der Waals surface area contributed by atoms with E-state index in [1.807, 2.05) is 55.5 Å². The van der Waals surface area contributed by atoms with Gasteiger partial charge < -0.3 is 10.6 Å². The highest BCUT2D eigenvalue weighted by atomic mass is 32.2. The highest BCUT2D eigenvalue weighted by Gasteiger charge is 2.15. The standard InChI is InChI=1S/C20H17N3OS/c1-13-5-2-8-15(11-13)21-18(24)12-25-20-22-16-9-3-6-14-7-4-10-17(23-20)19(14)16/h2-11H,12H2,1H3,(H,21,24)(H,22,23). The highest BCUT2D eigenvalue weighted by molar-refractivity contribution is 8.14. The first-order valence-corrected chi connectivity index (χ1v) is 9.04. The van der Waals surface area contributed by atoms with Gasteiger partial charge in [-0.25, -0.2) is 4.99 Å². The first-order chi connectivity index (χ1) is 12.2. The van der Waals surface area contributed by atoms with E-state index >= 15 is 0 Å². The second-order valence-electron chi connectivity index (χ2n) is 5.93. The quantitative estimate of drug-likeness (QED) is 0.706. The van der Waals surface area contributed by atoms with E-state index in [-0.39, 0.29) is 5.91 Å². The van der Waals surface area contributed by atoms with Crippen LogP contribution in [0.2, 0.25) is 0 Å². The fourth-order valence-corrected chi connectivity index (χ4v) is 3.58. The summed E-state index contributed by atoms with van der Waals surface area (Å²) in [7, 11) is 0. The Kier molecular flexibility index (Phi) is 4.15. The molecule has 124 valence electrons. The number of aryl methyl sites for hydroxylation is 1. The van der Waals surface area contributed by atoms with Crippen molar-refractivity contribution in [1.82, 2.24) is 0 Å². The largest absolute Gasteiger partial charge is 0.334 e. The van der Waals surface area contributed by atoms with Gasteiger partial charge in [0.15, 0.2) is 5.17 Å². The fraction of sp³-hybridized carbons (Fsp3) is 0.100. The SMILES string of the molecule is Cc1cccc(NC(=O)CSC2=Nc3cccc4cccc(c34)N2)c1. The molecule has 3 aromatic carbocycles. The van der Waals surface area contributed by atoms with Crippen LogP contribution in [0.3, 0.4) is 0 Å². The van der Waals surface area contributed by atoms with Gasteiger partial charge in [0.05, 0.1) is 17.1 Å². The Balaban J connectivity index is 1.46. The van der Waals surface area contributed by atoms with Gasteiger partial charge in [0, 0.05) is 11.1 Å². The van der Waals surface area contributed by atoms with Crippen LogP contribution >= 0.6 is 11.8 Å². The van der Waals surface area contributed by atoms with Crippen LogP contribution in [0.25, 0.3) is 10.8 Å². The molecule has 0 fully saturated rings. The predicted octanol–water partition coefficient (Wildman–Crippen LogP) is 4.93. The number of rotatable bonds is 3. The topological polar surface area (TPSA) is 53.5 Å². The number of benzene rings is 3. The maximum Gasteiger partial charge on any atom is 0.234 e. The van der Waals surface area contributed by atoms with E-state index in [1.54, 1.807) is 0 Å².